The smallest absolute Gasteiger partial charge is 0.166 e. The normalized spacial score (nSPS) is 59.0. The summed E-state index contributed by atoms with van der Waals surface area (Å²) < 4.78 is 12.4. The van der Waals surface area contributed by atoms with Gasteiger partial charge < -0.3 is 9.47 Å². The molecule has 0 aromatic heterocycles. The van der Waals surface area contributed by atoms with Gasteiger partial charge in [-0.3, -0.25) is 9.69 Å². The fourth-order valence-corrected chi connectivity index (χ4v) is 11.6. The highest BCUT2D eigenvalue weighted by atomic mass is 16.7. The third kappa shape index (κ3) is 2.45. The van der Waals surface area contributed by atoms with Crippen molar-refractivity contribution in [2.24, 2.45) is 39.9 Å². The summed E-state index contributed by atoms with van der Waals surface area (Å²) in [4.78, 5) is 17.2. The Kier molecular flexibility index (Phi) is 4.61. The van der Waals surface area contributed by atoms with Crippen molar-refractivity contribution in [2.75, 3.05) is 13.2 Å². The van der Waals surface area contributed by atoms with Gasteiger partial charge in [-0.2, -0.15) is 0 Å². The van der Waals surface area contributed by atoms with Gasteiger partial charge in [0.25, 0.3) is 0 Å². The summed E-state index contributed by atoms with van der Waals surface area (Å²) in [5.41, 5.74) is 0.704. The van der Waals surface area contributed by atoms with E-state index in [0.29, 0.717) is 34.8 Å². The minimum atomic E-state index is -0.473. The maximum atomic E-state index is 14.1. The Balaban J connectivity index is 1.26. The van der Waals surface area contributed by atoms with Gasteiger partial charge in [-0.15, -0.1) is 0 Å². The lowest BCUT2D eigenvalue weighted by Crippen LogP contribution is -2.68. The molecule has 0 aromatic carbocycles. The Hall–Kier alpha value is -0.450. The second-order valence-electron chi connectivity index (χ2n) is 14.7. The maximum absolute atomic E-state index is 14.1. The number of carbonyl (C=O) groups excluding carboxylic acids is 1. The van der Waals surface area contributed by atoms with Crippen LogP contribution in [0.4, 0.5) is 0 Å². The van der Waals surface area contributed by atoms with Crippen molar-refractivity contribution in [3.8, 4) is 0 Å². The molecule has 0 amide bonds. The van der Waals surface area contributed by atoms with Crippen LogP contribution < -0.4 is 0 Å². The van der Waals surface area contributed by atoms with Crippen LogP contribution in [-0.4, -0.2) is 47.3 Å². The fourth-order valence-electron chi connectivity index (χ4n) is 11.6. The van der Waals surface area contributed by atoms with Crippen LogP contribution in [0.1, 0.15) is 105 Å². The van der Waals surface area contributed by atoms with Crippen molar-refractivity contribution in [2.45, 2.75) is 129 Å². The van der Waals surface area contributed by atoms with E-state index in [4.69, 9.17) is 9.47 Å². The van der Waals surface area contributed by atoms with Crippen molar-refractivity contribution in [3.05, 3.63) is 0 Å². The van der Waals surface area contributed by atoms with E-state index in [9.17, 15) is 4.79 Å². The van der Waals surface area contributed by atoms with Crippen LogP contribution in [0.2, 0.25) is 0 Å². The Morgan fingerprint density at radius 3 is 2.65 bits per heavy atom. The Morgan fingerprint density at radius 2 is 1.85 bits per heavy atom. The molecule has 0 radical (unpaired) electrons. The number of Topliss-reactive ketones (excluding diaryl/α,β-unsaturated/α-hetero) is 1. The van der Waals surface area contributed by atoms with Crippen LogP contribution in [0.5, 0.6) is 0 Å². The average molecular weight is 470 g/mol. The number of ketones is 1. The van der Waals surface area contributed by atoms with E-state index in [2.05, 4.69) is 39.5 Å². The van der Waals surface area contributed by atoms with E-state index in [1.165, 1.54) is 51.5 Å². The fraction of sp³-hybridized carbons (Fsp3) is 0.967. The zero-order valence-corrected chi connectivity index (χ0v) is 22.3. The minimum Gasteiger partial charge on any atom is -0.349 e. The summed E-state index contributed by atoms with van der Waals surface area (Å²) in [5, 5.41) is 0. The first-order valence-electron chi connectivity index (χ1n) is 14.7. The van der Waals surface area contributed by atoms with Gasteiger partial charge in [0.2, 0.25) is 0 Å². The molecule has 0 N–H and O–H groups in total. The number of fused-ring (bicyclic) bond motifs is 4. The van der Waals surface area contributed by atoms with Crippen LogP contribution in [0.15, 0.2) is 0 Å². The highest BCUT2D eigenvalue weighted by Crippen LogP contribution is 2.79. The molecule has 5 heterocycles. The van der Waals surface area contributed by atoms with Crippen molar-refractivity contribution in [1.29, 1.82) is 0 Å². The molecule has 5 aliphatic heterocycles. The quantitative estimate of drug-likeness (QED) is 0.497. The van der Waals surface area contributed by atoms with E-state index in [1.807, 2.05) is 0 Å². The summed E-state index contributed by atoms with van der Waals surface area (Å²) >= 11 is 0. The zero-order valence-electron chi connectivity index (χ0n) is 22.3. The van der Waals surface area contributed by atoms with Gasteiger partial charge in [0.1, 0.15) is 5.78 Å². The molecule has 11 atom stereocenters. The van der Waals surface area contributed by atoms with Gasteiger partial charge >= 0.3 is 0 Å². The van der Waals surface area contributed by atoms with Crippen molar-refractivity contribution >= 4 is 5.78 Å². The molecule has 5 saturated heterocycles. The first-order chi connectivity index (χ1) is 16.1. The Labute approximate surface area is 206 Å². The monoisotopic (exact) mass is 469 g/mol. The van der Waals surface area contributed by atoms with E-state index in [0.717, 1.165) is 49.4 Å². The third-order valence-electron chi connectivity index (χ3n) is 13.4. The molecule has 0 aromatic rings. The van der Waals surface area contributed by atoms with Gasteiger partial charge in [-0.25, -0.2) is 0 Å². The number of rotatable bonds is 5. The van der Waals surface area contributed by atoms with Gasteiger partial charge in [0.05, 0.1) is 18.1 Å². The highest BCUT2D eigenvalue weighted by Gasteiger charge is 2.79. The molecule has 7 aliphatic rings. The lowest BCUT2D eigenvalue weighted by Gasteiger charge is -2.67. The van der Waals surface area contributed by atoms with Crippen molar-refractivity contribution < 1.29 is 14.3 Å². The van der Waals surface area contributed by atoms with Crippen molar-refractivity contribution in [3.63, 3.8) is 0 Å². The lowest BCUT2D eigenvalue weighted by molar-refractivity contribution is -0.282. The SMILES string of the molecule is CC(C)C1CCC2(C)C3CCC45CCCC4C2(CCC(=O)C2(C)COC4(C)CCC2O4)C1N5C3. The molecule has 4 heteroatoms. The standard InChI is InChI=1S/C30H47NO3/c1-19(2)21-9-13-27(4)20-8-15-29-12-6-7-22(29)30(27,25(21)31(29)17-20)16-10-23(32)26(3)18-33-28(5)14-11-24(26)34-28/h19-22,24-25H,6-18H2,1-5H3. The summed E-state index contributed by atoms with van der Waals surface area (Å²) in [6.07, 6.45) is 13.6. The number of carbonyl (C=O) groups is 1. The number of hydrogen-bond acceptors (Lipinski definition) is 4. The van der Waals surface area contributed by atoms with Gasteiger partial charge in [0.15, 0.2) is 5.79 Å². The number of hydrogen-bond donors (Lipinski definition) is 0. The molecule has 2 saturated carbocycles. The second kappa shape index (κ2) is 6.90. The zero-order chi connectivity index (χ0) is 23.7. The average Bonchev–Trinajstić information content (AvgIpc) is 3.41. The predicted molar refractivity (Wildman–Crippen MR) is 132 cm³/mol. The molecule has 190 valence electrons. The van der Waals surface area contributed by atoms with Crippen LogP contribution in [0.25, 0.3) is 0 Å². The molecule has 7 fully saturated rings. The first-order valence-corrected chi connectivity index (χ1v) is 14.7. The van der Waals surface area contributed by atoms with E-state index < -0.39 is 11.2 Å². The maximum Gasteiger partial charge on any atom is 0.166 e. The van der Waals surface area contributed by atoms with E-state index >= 15 is 0 Å². The summed E-state index contributed by atoms with van der Waals surface area (Å²) in [7, 11) is 0. The second-order valence-corrected chi connectivity index (χ2v) is 14.7. The molecule has 7 bridgehead atoms. The van der Waals surface area contributed by atoms with Crippen LogP contribution in [0, 0.1) is 39.9 Å². The molecule has 2 aliphatic carbocycles. The predicted octanol–water partition coefficient (Wildman–Crippen LogP) is 5.97. The third-order valence-corrected chi connectivity index (χ3v) is 13.4. The topological polar surface area (TPSA) is 38.8 Å². The van der Waals surface area contributed by atoms with Crippen LogP contribution >= 0.6 is 0 Å². The highest BCUT2D eigenvalue weighted by molar-refractivity contribution is 5.85. The van der Waals surface area contributed by atoms with Crippen LogP contribution in [-0.2, 0) is 14.3 Å². The van der Waals surface area contributed by atoms with Gasteiger partial charge in [0, 0.05) is 31.0 Å². The molecule has 4 nitrogen and oxygen atoms in total. The molecular weight excluding hydrogens is 422 g/mol. The summed E-state index contributed by atoms with van der Waals surface area (Å²) in [6.45, 7) is 13.7. The number of piperidine rings is 2. The molecular formula is C30H47NO3. The summed E-state index contributed by atoms with van der Waals surface area (Å²) in [6, 6.07) is 0.697. The number of nitrogens with zero attached hydrogens (tertiary/aromatic N) is 1. The minimum absolute atomic E-state index is 0.0372. The van der Waals surface area contributed by atoms with Gasteiger partial charge in [-0.1, -0.05) is 27.2 Å². The summed E-state index contributed by atoms with van der Waals surface area (Å²) in [5.74, 6) is 3.11. The number of ether oxygens (including phenoxy) is 2. The van der Waals surface area contributed by atoms with E-state index in [-0.39, 0.29) is 6.10 Å². The molecule has 34 heavy (non-hydrogen) atoms. The van der Waals surface area contributed by atoms with Crippen molar-refractivity contribution in [1.82, 2.24) is 4.90 Å². The first kappa shape index (κ1) is 22.7. The largest absolute Gasteiger partial charge is 0.349 e. The molecule has 11 unspecified atom stereocenters. The molecule has 7 rings (SSSR count). The molecule has 1 spiro atoms. The van der Waals surface area contributed by atoms with E-state index in [1.54, 1.807) is 0 Å². The van der Waals surface area contributed by atoms with Crippen LogP contribution in [0.3, 0.4) is 0 Å². The Bertz CT molecular complexity index is 903. The lowest BCUT2D eigenvalue weighted by atomic mass is 9.42. The van der Waals surface area contributed by atoms with Gasteiger partial charge in [-0.05, 0) is 99.7 Å². The Morgan fingerprint density at radius 1 is 1.03 bits per heavy atom.